The molecule has 0 unspecified atom stereocenters. The molecule has 0 spiro atoms. The van der Waals surface area contributed by atoms with Gasteiger partial charge in [-0.25, -0.2) is 15.0 Å². The van der Waals surface area contributed by atoms with Crippen LogP contribution in [-0.2, 0) is 21.1 Å². The van der Waals surface area contributed by atoms with Crippen molar-refractivity contribution in [3.63, 3.8) is 0 Å². The summed E-state index contributed by atoms with van der Waals surface area (Å²) in [6, 6.07) is 30.6. The molecule has 0 atom stereocenters. The number of ether oxygens (including phenoxy) is 1. The van der Waals surface area contributed by atoms with Gasteiger partial charge in [-0.2, -0.15) is 6.07 Å². The van der Waals surface area contributed by atoms with Crippen LogP contribution >= 0.6 is 0 Å². The summed E-state index contributed by atoms with van der Waals surface area (Å²) < 4.78 is 8.39. The molecular formula is C29H19N6OPt-3. The number of pyridine rings is 1. The predicted molar refractivity (Wildman–Crippen MR) is 140 cm³/mol. The van der Waals surface area contributed by atoms with E-state index in [4.69, 9.17) is 4.74 Å². The number of para-hydroxylation sites is 1. The van der Waals surface area contributed by atoms with Gasteiger partial charge in [-0.05, 0) is 30.6 Å². The summed E-state index contributed by atoms with van der Waals surface area (Å²) in [4.78, 5) is 17.4. The zero-order chi connectivity index (χ0) is 24.1. The fourth-order valence-electron chi connectivity index (χ4n) is 4.64. The zero-order valence-electron chi connectivity index (χ0n) is 19.6. The largest absolute Gasteiger partial charge is 0.509 e. The summed E-state index contributed by atoms with van der Waals surface area (Å²) in [6.45, 7) is 1.94. The molecule has 7 nitrogen and oxygen atoms in total. The molecule has 3 aromatic carbocycles. The van der Waals surface area contributed by atoms with Gasteiger partial charge in [-0.1, -0.05) is 40.9 Å². The molecular weight excluding hydrogens is 643 g/mol. The van der Waals surface area contributed by atoms with Crippen LogP contribution in [0.5, 0.6) is 11.5 Å². The molecule has 1 aliphatic heterocycles. The Labute approximate surface area is 228 Å². The van der Waals surface area contributed by atoms with E-state index in [1.54, 1.807) is 18.6 Å². The van der Waals surface area contributed by atoms with Crippen molar-refractivity contribution in [1.82, 2.24) is 19.5 Å². The number of fused-ring (bicyclic) bond motifs is 4. The quantitative estimate of drug-likeness (QED) is 0.214. The van der Waals surface area contributed by atoms with Crippen LogP contribution in [0, 0.1) is 18.8 Å². The van der Waals surface area contributed by atoms with E-state index >= 15 is 0 Å². The summed E-state index contributed by atoms with van der Waals surface area (Å²) in [5.41, 5.74) is 2.91. The first kappa shape index (κ1) is 23.2. The second-order valence-electron chi connectivity index (χ2n) is 8.44. The van der Waals surface area contributed by atoms with Crippen LogP contribution in [0.3, 0.4) is 0 Å². The number of hydrogen-bond acceptors (Lipinski definition) is 6. The van der Waals surface area contributed by atoms with Crippen LogP contribution in [0.4, 0.5) is 17.3 Å². The Morgan fingerprint density at radius 2 is 1.62 bits per heavy atom. The van der Waals surface area contributed by atoms with Crippen molar-refractivity contribution >= 4 is 39.1 Å². The number of nitrogens with zero attached hydrogens (tertiary/aromatic N) is 6. The van der Waals surface area contributed by atoms with Gasteiger partial charge in [-0.3, -0.25) is 0 Å². The van der Waals surface area contributed by atoms with Crippen molar-refractivity contribution in [3.8, 4) is 17.3 Å². The second kappa shape index (κ2) is 9.34. The zero-order valence-corrected chi connectivity index (χ0v) is 21.9. The number of benzene rings is 3. The van der Waals surface area contributed by atoms with Gasteiger partial charge in [0, 0.05) is 56.7 Å². The molecule has 0 amide bonds. The van der Waals surface area contributed by atoms with Gasteiger partial charge in [0.2, 0.25) is 0 Å². The Morgan fingerprint density at radius 3 is 2.49 bits per heavy atom. The van der Waals surface area contributed by atoms with Crippen LogP contribution < -0.4 is 14.5 Å². The Kier molecular flexibility index (Phi) is 5.85. The van der Waals surface area contributed by atoms with Crippen molar-refractivity contribution in [2.24, 2.45) is 0 Å². The third-order valence-electron chi connectivity index (χ3n) is 6.20. The summed E-state index contributed by atoms with van der Waals surface area (Å²) in [5.74, 6) is 3.61. The van der Waals surface area contributed by atoms with Gasteiger partial charge in [0.05, 0.1) is 0 Å². The number of hydrogen-bond donors (Lipinski definition) is 0. The van der Waals surface area contributed by atoms with Gasteiger partial charge in [0.25, 0.3) is 0 Å². The van der Waals surface area contributed by atoms with E-state index in [0.29, 0.717) is 11.5 Å². The fraction of sp³-hybridized carbons (Fsp3) is 0.0345. The molecule has 0 saturated carbocycles. The third kappa shape index (κ3) is 3.92. The topological polar surface area (TPSA) is 59.3 Å². The van der Waals surface area contributed by atoms with Crippen molar-refractivity contribution in [1.29, 1.82) is 0 Å². The normalized spacial score (nSPS) is 12.6. The second-order valence-corrected chi connectivity index (χ2v) is 8.44. The molecule has 6 aromatic rings. The number of aromatic nitrogens is 4. The van der Waals surface area contributed by atoms with Gasteiger partial charge in [-0.15, -0.1) is 43.1 Å². The van der Waals surface area contributed by atoms with E-state index < -0.39 is 0 Å². The predicted octanol–water partition coefficient (Wildman–Crippen LogP) is 6.07. The Balaban J connectivity index is 0.00000252. The maximum absolute atomic E-state index is 6.24. The maximum atomic E-state index is 6.24. The molecule has 0 radical (unpaired) electrons. The van der Waals surface area contributed by atoms with Crippen molar-refractivity contribution < 1.29 is 25.8 Å². The van der Waals surface area contributed by atoms with Crippen LogP contribution in [0.15, 0.2) is 91.4 Å². The maximum Gasteiger partial charge on any atom is 0.143 e. The van der Waals surface area contributed by atoms with Gasteiger partial charge in [0.1, 0.15) is 17.5 Å². The minimum atomic E-state index is 0. The van der Waals surface area contributed by atoms with Crippen LogP contribution in [0.2, 0.25) is 0 Å². The van der Waals surface area contributed by atoms with Crippen LogP contribution in [0.1, 0.15) is 0 Å². The van der Waals surface area contributed by atoms with E-state index in [1.165, 1.54) is 0 Å². The first-order valence-corrected chi connectivity index (χ1v) is 11.5. The van der Waals surface area contributed by atoms with E-state index in [9.17, 15) is 0 Å². The molecule has 1 aliphatic rings. The summed E-state index contributed by atoms with van der Waals surface area (Å²) in [6.07, 6.45) is 5.18. The first-order valence-electron chi connectivity index (χ1n) is 11.5. The summed E-state index contributed by atoms with van der Waals surface area (Å²) in [7, 11) is 1.94. The molecule has 0 aliphatic carbocycles. The van der Waals surface area contributed by atoms with Gasteiger partial charge in [0.15, 0.2) is 0 Å². The van der Waals surface area contributed by atoms with E-state index in [2.05, 4.69) is 43.8 Å². The standard InChI is InChI=1S/C29H19N6O.Pt/c1-33-19-34(29-28(33)31-15-16-32-29)20-7-6-8-21(17-20)36-22-12-13-26-24(18-22)23-9-2-3-10-25(23)35(26)27-11-4-5-14-30-27;/h2-11,13-16,18-19H,1H3;/q-3;. The number of rotatable bonds is 4. The number of anilines is 3. The van der Waals surface area contributed by atoms with Gasteiger partial charge < -0.3 is 19.1 Å². The third-order valence-corrected chi connectivity index (χ3v) is 6.20. The molecule has 0 fully saturated rings. The molecule has 3 aromatic heterocycles. The van der Waals surface area contributed by atoms with Crippen molar-refractivity contribution in [2.45, 2.75) is 0 Å². The Bertz CT molecular complexity index is 1740. The fourth-order valence-corrected chi connectivity index (χ4v) is 4.64. The SMILES string of the molecule is CN1[CH-]N(c2[c-]c(Oc3[c-]cc4c(c3)c3ccccc3n4-c3ccccn3)ccc2)c2nccnc21.[Pt]. The average molecular weight is 663 g/mol. The minimum absolute atomic E-state index is 0. The minimum Gasteiger partial charge on any atom is -0.509 e. The summed E-state index contributed by atoms with van der Waals surface area (Å²) in [5, 5.41) is 2.19. The molecule has 0 N–H and O–H groups in total. The first-order chi connectivity index (χ1) is 17.8. The smallest absolute Gasteiger partial charge is 0.143 e. The van der Waals surface area contributed by atoms with Crippen molar-refractivity contribution in [3.05, 3.63) is 110 Å². The molecule has 37 heavy (non-hydrogen) atoms. The molecule has 0 bridgehead atoms. The summed E-state index contributed by atoms with van der Waals surface area (Å²) >= 11 is 0. The molecule has 8 heteroatoms. The van der Waals surface area contributed by atoms with Crippen LogP contribution in [-0.4, -0.2) is 26.6 Å². The van der Waals surface area contributed by atoms with E-state index in [1.807, 2.05) is 84.2 Å². The Morgan fingerprint density at radius 1 is 0.784 bits per heavy atom. The average Bonchev–Trinajstić information content (AvgIpc) is 3.44. The molecule has 184 valence electrons. The van der Waals surface area contributed by atoms with Crippen molar-refractivity contribution in [2.75, 3.05) is 16.8 Å². The van der Waals surface area contributed by atoms with E-state index in [-0.39, 0.29) is 21.1 Å². The van der Waals surface area contributed by atoms with Gasteiger partial charge >= 0.3 is 0 Å². The van der Waals surface area contributed by atoms with E-state index in [0.717, 1.165) is 44.9 Å². The Hall–Kier alpha value is -4.22. The molecule has 7 rings (SSSR count). The van der Waals surface area contributed by atoms with Crippen LogP contribution in [0.25, 0.3) is 27.6 Å². The molecule has 4 heterocycles. The molecule has 0 saturated heterocycles. The monoisotopic (exact) mass is 662 g/mol.